The quantitative estimate of drug-likeness (QED) is 0.148. The molecule has 6 aromatic rings. The van der Waals surface area contributed by atoms with Gasteiger partial charge in [-0.2, -0.15) is 0 Å². The predicted octanol–water partition coefficient (Wildman–Crippen LogP) is 0.101. The maximum Gasteiger partial charge on any atom is 0.335 e. The first kappa shape index (κ1) is 33.8. The number of hydrogen-bond donors (Lipinski definition) is 6. The Morgan fingerprint density at radius 2 is 0.957 bits per heavy atom. The number of phenolic OH excluding ortho intramolecular Hbond substituents is 2. The summed E-state index contributed by atoms with van der Waals surface area (Å²) in [4.78, 5) is 79.2. The van der Waals surface area contributed by atoms with E-state index in [1.54, 1.807) is 14.1 Å². The lowest BCUT2D eigenvalue weighted by Crippen LogP contribution is -2.36. The largest absolute Gasteiger partial charge is 0.508 e. The van der Waals surface area contributed by atoms with Gasteiger partial charge in [0, 0.05) is 28.2 Å². The molecule has 0 aliphatic heterocycles. The fourth-order valence-electron chi connectivity index (χ4n) is 3.82. The molecule has 0 spiro atoms. The number of benzene rings is 2. The maximum atomic E-state index is 11.4. The fourth-order valence-corrected chi connectivity index (χ4v) is 3.82. The van der Waals surface area contributed by atoms with E-state index in [1.165, 1.54) is 84.4 Å². The van der Waals surface area contributed by atoms with Gasteiger partial charge in [-0.15, -0.1) is 0 Å². The number of aromatic nitrogens is 8. The van der Waals surface area contributed by atoms with Crippen LogP contribution >= 0.6 is 0 Å². The minimum Gasteiger partial charge on any atom is -0.508 e. The zero-order valence-corrected chi connectivity index (χ0v) is 24.7. The number of aryl methyl sites for hydroxylation is 2. The Kier molecular flexibility index (Phi) is 10.4. The third kappa shape index (κ3) is 7.43. The molecule has 0 saturated heterocycles. The summed E-state index contributed by atoms with van der Waals surface area (Å²) in [7, 11) is 6.02. The van der Waals surface area contributed by atoms with E-state index in [9.17, 15) is 28.8 Å². The van der Waals surface area contributed by atoms with Crippen LogP contribution in [0.2, 0.25) is 0 Å². The average Bonchev–Trinajstić information content (AvgIpc) is 3.73. The SMILES string of the molecule is Cn1c(=O)c2[nH]cnc2n(C)c1=O.Cn1c(=O)c2[nH]cnc2n(C)c1=O.O=C(O)c1cccc(O)c1.O=C(O)c1cccc(O)c1. The molecule has 4 heterocycles. The summed E-state index contributed by atoms with van der Waals surface area (Å²) in [6, 6.07) is 11.0. The molecule has 18 heteroatoms. The van der Waals surface area contributed by atoms with Gasteiger partial charge in [-0.25, -0.2) is 29.1 Å². The molecule has 0 fully saturated rings. The number of aromatic hydroxyl groups is 2. The molecule has 46 heavy (non-hydrogen) atoms. The normalized spacial score (nSPS) is 10.2. The Balaban J connectivity index is 0.000000168. The second-order valence-electron chi connectivity index (χ2n) is 9.32. The van der Waals surface area contributed by atoms with Crippen molar-refractivity contribution in [1.29, 1.82) is 0 Å². The highest BCUT2D eigenvalue weighted by Crippen LogP contribution is 2.11. The number of nitrogens with zero attached hydrogens (tertiary/aromatic N) is 6. The van der Waals surface area contributed by atoms with Crippen molar-refractivity contribution >= 4 is 34.3 Å². The molecule has 0 bridgehead atoms. The smallest absolute Gasteiger partial charge is 0.335 e. The van der Waals surface area contributed by atoms with Crippen LogP contribution in [0.5, 0.6) is 11.5 Å². The van der Waals surface area contributed by atoms with E-state index < -0.39 is 11.9 Å². The molecule has 0 amide bonds. The van der Waals surface area contributed by atoms with E-state index in [4.69, 9.17) is 20.4 Å². The number of phenols is 2. The number of aromatic carboxylic acids is 2. The lowest BCUT2D eigenvalue weighted by Gasteiger charge is -2.00. The number of carboxylic acid groups (broad SMARTS) is 2. The van der Waals surface area contributed by atoms with Crippen LogP contribution in [0.3, 0.4) is 0 Å². The van der Waals surface area contributed by atoms with Crippen molar-refractivity contribution in [2.45, 2.75) is 0 Å². The Morgan fingerprint density at radius 1 is 0.609 bits per heavy atom. The second-order valence-corrected chi connectivity index (χ2v) is 9.32. The molecule has 4 aromatic heterocycles. The molecular weight excluding hydrogens is 608 g/mol. The number of nitrogens with one attached hydrogen (secondary N) is 2. The number of imidazole rings is 2. The van der Waals surface area contributed by atoms with E-state index in [0.717, 1.165) is 9.13 Å². The van der Waals surface area contributed by atoms with Crippen molar-refractivity contribution in [3.63, 3.8) is 0 Å². The van der Waals surface area contributed by atoms with E-state index in [0.29, 0.717) is 22.3 Å². The number of carboxylic acids is 2. The molecule has 240 valence electrons. The summed E-state index contributed by atoms with van der Waals surface area (Å²) >= 11 is 0. The lowest BCUT2D eigenvalue weighted by atomic mass is 10.2. The molecule has 0 aliphatic rings. The minimum absolute atomic E-state index is 0.0279. The molecular formula is C28H28N8O10. The summed E-state index contributed by atoms with van der Waals surface area (Å²) in [5.41, 5.74) is 0.218. The average molecular weight is 637 g/mol. The van der Waals surface area contributed by atoms with Crippen LogP contribution < -0.4 is 22.5 Å². The first-order valence-electron chi connectivity index (χ1n) is 12.9. The van der Waals surface area contributed by atoms with Crippen molar-refractivity contribution in [1.82, 2.24) is 38.2 Å². The van der Waals surface area contributed by atoms with Gasteiger partial charge in [-0.05, 0) is 36.4 Å². The Bertz CT molecular complexity index is 2130. The van der Waals surface area contributed by atoms with Crippen LogP contribution in [0.15, 0.2) is 80.4 Å². The topological polar surface area (TPSA) is 260 Å². The van der Waals surface area contributed by atoms with Gasteiger partial charge < -0.3 is 30.4 Å². The predicted molar refractivity (Wildman–Crippen MR) is 163 cm³/mol. The molecule has 6 rings (SSSR count). The lowest BCUT2D eigenvalue weighted by molar-refractivity contribution is 0.0685. The highest BCUT2D eigenvalue weighted by Gasteiger charge is 2.10. The minimum atomic E-state index is -1.03. The molecule has 0 radical (unpaired) electrons. The van der Waals surface area contributed by atoms with Gasteiger partial charge in [0.2, 0.25) is 0 Å². The molecule has 18 nitrogen and oxygen atoms in total. The van der Waals surface area contributed by atoms with Crippen molar-refractivity contribution in [2.75, 3.05) is 0 Å². The number of hydrogen-bond acceptors (Lipinski definition) is 10. The number of aromatic amines is 2. The van der Waals surface area contributed by atoms with Gasteiger partial charge in [0.1, 0.15) is 22.5 Å². The summed E-state index contributed by atoms with van der Waals surface area (Å²) < 4.78 is 4.74. The molecule has 2 aromatic carbocycles. The summed E-state index contributed by atoms with van der Waals surface area (Å²) in [5.74, 6) is -2.12. The Morgan fingerprint density at radius 3 is 1.24 bits per heavy atom. The first-order chi connectivity index (χ1) is 21.6. The van der Waals surface area contributed by atoms with Gasteiger partial charge in [-0.3, -0.25) is 27.9 Å². The monoisotopic (exact) mass is 636 g/mol. The standard InChI is InChI=1S/2C7H8N4O2.2C7H6O3/c2*1-10-5-4(8-3-9-5)6(12)11(2)7(10)13;2*8-6-3-1-2-5(4-6)7(9)10/h2*3H,1-2H3,(H,8,9);2*1-4,8H,(H,9,10). The van der Waals surface area contributed by atoms with Crippen molar-refractivity contribution in [2.24, 2.45) is 28.2 Å². The second kappa shape index (κ2) is 14.2. The third-order valence-electron chi connectivity index (χ3n) is 6.25. The van der Waals surface area contributed by atoms with Gasteiger partial charge in [0.05, 0.1) is 23.8 Å². The number of carbonyl (C=O) groups is 2. The van der Waals surface area contributed by atoms with Gasteiger partial charge >= 0.3 is 23.3 Å². The molecule has 0 saturated carbocycles. The fraction of sp³-hybridized carbons (Fsp3) is 0.143. The number of rotatable bonds is 2. The first-order valence-corrected chi connectivity index (χ1v) is 12.9. The Hall–Kier alpha value is -6.72. The zero-order valence-electron chi connectivity index (χ0n) is 24.7. The highest BCUT2D eigenvalue weighted by molar-refractivity contribution is 5.88. The van der Waals surface area contributed by atoms with E-state index in [1.807, 2.05) is 0 Å². The summed E-state index contributed by atoms with van der Waals surface area (Å²) in [6.07, 6.45) is 2.79. The molecule has 0 atom stereocenters. The third-order valence-corrected chi connectivity index (χ3v) is 6.25. The van der Waals surface area contributed by atoms with Gasteiger partial charge in [0.25, 0.3) is 11.1 Å². The van der Waals surface area contributed by atoms with Gasteiger partial charge in [0.15, 0.2) is 11.3 Å². The Labute approximate surface area is 256 Å². The van der Waals surface area contributed by atoms with Crippen LogP contribution in [-0.2, 0) is 28.2 Å². The van der Waals surface area contributed by atoms with Crippen molar-refractivity contribution < 1.29 is 30.0 Å². The summed E-state index contributed by atoms with van der Waals surface area (Å²) in [6.45, 7) is 0. The van der Waals surface area contributed by atoms with E-state index >= 15 is 0 Å². The number of fused-ring (bicyclic) bond motifs is 2. The molecule has 0 unspecified atom stereocenters. The van der Waals surface area contributed by atoms with Crippen molar-refractivity contribution in [3.05, 3.63) is 114 Å². The van der Waals surface area contributed by atoms with Crippen LogP contribution in [0.1, 0.15) is 20.7 Å². The highest BCUT2D eigenvalue weighted by atomic mass is 16.4. The van der Waals surface area contributed by atoms with Gasteiger partial charge in [-0.1, -0.05) is 12.1 Å². The molecule has 6 N–H and O–H groups in total. The summed E-state index contributed by atoms with van der Waals surface area (Å²) in [5, 5.41) is 34.4. The van der Waals surface area contributed by atoms with Crippen LogP contribution in [-0.4, -0.2) is 70.6 Å². The van der Waals surface area contributed by atoms with Crippen LogP contribution in [0.25, 0.3) is 22.3 Å². The zero-order chi connectivity index (χ0) is 34.3. The van der Waals surface area contributed by atoms with E-state index in [-0.39, 0.29) is 45.1 Å². The number of H-pyrrole nitrogens is 2. The van der Waals surface area contributed by atoms with Crippen LogP contribution in [0.4, 0.5) is 0 Å². The van der Waals surface area contributed by atoms with Crippen molar-refractivity contribution in [3.8, 4) is 11.5 Å². The van der Waals surface area contributed by atoms with E-state index in [2.05, 4.69) is 19.9 Å². The maximum absolute atomic E-state index is 11.4. The van der Waals surface area contributed by atoms with Crippen LogP contribution in [0, 0.1) is 0 Å². The molecule has 0 aliphatic carbocycles.